The Bertz CT molecular complexity index is 97.6. The van der Waals surface area contributed by atoms with Crippen LogP contribution < -0.4 is 10.5 Å². The molecule has 0 rings (SSSR count). The first-order chi connectivity index (χ1) is 4.48. The summed E-state index contributed by atoms with van der Waals surface area (Å²) in [5.74, 6) is 0.227. The van der Waals surface area contributed by atoms with Crippen LogP contribution in [-0.2, 0) is 0 Å². The van der Waals surface area contributed by atoms with Crippen LogP contribution in [0.1, 0.15) is 13.8 Å². The summed E-state index contributed by atoms with van der Waals surface area (Å²) in [5.41, 5.74) is 5.15. The van der Waals surface area contributed by atoms with Gasteiger partial charge in [0.15, 0.2) is 0 Å². The van der Waals surface area contributed by atoms with Gasteiger partial charge < -0.3 is 5.73 Å². The Morgan fingerprint density at radius 2 is 2.00 bits per heavy atom. The lowest BCUT2D eigenvalue weighted by atomic mass is 10.4. The van der Waals surface area contributed by atoms with E-state index in [2.05, 4.69) is 4.72 Å². The molecular weight excluding hydrogens is 152 g/mol. The maximum absolute atomic E-state index is 9.13. The summed E-state index contributed by atoms with van der Waals surface area (Å²) in [7, 11) is -2.61. The first-order valence-corrected chi connectivity index (χ1v) is 4.93. The van der Waals surface area contributed by atoms with E-state index in [0.717, 1.165) is 0 Å². The number of nitrogens with two attached hydrogens (primary N) is 1. The first kappa shape index (κ1) is 10.2. The average molecular weight is 168 g/mol. The van der Waals surface area contributed by atoms with Crippen molar-refractivity contribution in [1.82, 2.24) is 4.72 Å². The maximum atomic E-state index is 9.13. The summed E-state index contributed by atoms with van der Waals surface area (Å²) >= 11 is 0. The van der Waals surface area contributed by atoms with E-state index in [1.165, 1.54) is 0 Å². The molecule has 5 N–H and O–H groups in total. The van der Waals surface area contributed by atoms with Gasteiger partial charge in [0, 0.05) is 12.6 Å². The molecule has 4 nitrogen and oxygen atoms in total. The van der Waals surface area contributed by atoms with Gasteiger partial charge in [-0.1, -0.05) is 0 Å². The predicted molar refractivity (Wildman–Crippen MR) is 45.0 cm³/mol. The normalized spacial score (nSPS) is 14.2. The van der Waals surface area contributed by atoms with Crippen molar-refractivity contribution in [2.24, 2.45) is 5.73 Å². The van der Waals surface area contributed by atoms with Crippen LogP contribution in [0, 0.1) is 0 Å². The lowest BCUT2D eigenvalue weighted by Crippen LogP contribution is -2.30. The molecule has 5 heteroatoms. The van der Waals surface area contributed by atoms with Gasteiger partial charge in [0.1, 0.15) is 0 Å². The highest BCUT2D eigenvalue weighted by Gasteiger charge is 2.10. The summed E-state index contributed by atoms with van der Waals surface area (Å²) in [4.78, 5) is 0. The molecule has 0 aliphatic rings. The minimum absolute atomic E-state index is 0.0801. The Labute approximate surface area is 63.3 Å². The number of hydrogen-bond donors (Lipinski definition) is 4. The van der Waals surface area contributed by atoms with Crippen molar-refractivity contribution in [3.8, 4) is 0 Å². The summed E-state index contributed by atoms with van der Waals surface area (Å²) in [6.07, 6.45) is 0. The van der Waals surface area contributed by atoms with Crippen LogP contribution in [0.3, 0.4) is 0 Å². The molecule has 10 heavy (non-hydrogen) atoms. The third kappa shape index (κ3) is 5.01. The number of rotatable bonds is 4. The Kier molecular flexibility index (Phi) is 4.23. The second-order valence-electron chi connectivity index (χ2n) is 2.43. The second kappa shape index (κ2) is 4.15. The van der Waals surface area contributed by atoms with Gasteiger partial charge in [0.05, 0.1) is 5.75 Å². The molecule has 0 aromatic heterocycles. The average Bonchev–Trinajstić information content (AvgIpc) is 1.59. The van der Waals surface area contributed by atoms with E-state index in [0.29, 0.717) is 6.54 Å². The van der Waals surface area contributed by atoms with E-state index in [9.17, 15) is 0 Å². The third-order valence-electron chi connectivity index (χ3n) is 0.827. The van der Waals surface area contributed by atoms with Crippen molar-refractivity contribution in [1.29, 1.82) is 0 Å². The van der Waals surface area contributed by atoms with Crippen LogP contribution in [0.5, 0.6) is 0 Å². The Balaban J connectivity index is 3.63. The van der Waals surface area contributed by atoms with Crippen LogP contribution in [0.2, 0.25) is 0 Å². The van der Waals surface area contributed by atoms with Gasteiger partial charge in [0.25, 0.3) is 0 Å². The molecule has 0 unspecified atom stereocenters. The van der Waals surface area contributed by atoms with E-state index >= 15 is 0 Å². The molecule has 0 heterocycles. The molecule has 0 amide bonds. The van der Waals surface area contributed by atoms with Gasteiger partial charge in [-0.05, 0) is 13.8 Å². The van der Waals surface area contributed by atoms with Crippen LogP contribution in [-0.4, -0.2) is 27.4 Å². The van der Waals surface area contributed by atoms with Crippen molar-refractivity contribution >= 4 is 10.8 Å². The molecule has 0 aromatic carbocycles. The highest BCUT2D eigenvalue weighted by molar-refractivity contribution is 8.22. The summed E-state index contributed by atoms with van der Waals surface area (Å²) in [6, 6.07) is 0.0801. The van der Waals surface area contributed by atoms with Gasteiger partial charge in [-0.3, -0.25) is 9.11 Å². The topological polar surface area (TPSA) is 78.5 Å². The molecule has 0 fully saturated rings. The molecule has 0 saturated carbocycles. The van der Waals surface area contributed by atoms with E-state index in [1.54, 1.807) is 0 Å². The summed E-state index contributed by atoms with van der Waals surface area (Å²) in [6.45, 7) is 4.00. The van der Waals surface area contributed by atoms with Gasteiger partial charge in [-0.15, -0.1) is 10.8 Å². The molecule has 0 bridgehead atoms. The standard InChI is InChI=1S/C5H16N2O2S/c1-5(2)7-10(8,9)4-3-6/h5,7-9H,3-4,6H2,1-2H3. The predicted octanol–water partition coefficient (Wildman–Crippen LogP) is 0.609. The fourth-order valence-corrected chi connectivity index (χ4v) is 1.80. The van der Waals surface area contributed by atoms with Crippen molar-refractivity contribution in [3.05, 3.63) is 0 Å². The maximum Gasteiger partial charge on any atom is 0.0650 e. The van der Waals surface area contributed by atoms with Gasteiger partial charge in [0.2, 0.25) is 0 Å². The van der Waals surface area contributed by atoms with Crippen molar-refractivity contribution in [2.75, 3.05) is 12.3 Å². The zero-order valence-electron chi connectivity index (χ0n) is 6.37. The SMILES string of the molecule is CC(C)NS(O)(O)CCN. The fourth-order valence-electron chi connectivity index (χ4n) is 0.601. The Morgan fingerprint density at radius 3 is 2.30 bits per heavy atom. The molecule has 0 aliphatic carbocycles. The smallest absolute Gasteiger partial charge is 0.0650 e. The van der Waals surface area contributed by atoms with Crippen LogP contribution in [0.4, 0.5) is 0 Å². The third-order valence-corrected chi connectivity index (χ3v) is 2.48. The van der Waals surface area contributed by atoms with E-state index in [-0.39, 0.29) is 11.8 Å². The summed E-state index contributed by atoms with van der Waals surface area (Å²) in [5, 5.41) is 0. The van der Waals surface area contributed by atoms with Gasteiger partial charge in [-0.2, -0.15) is 0 Å². The molecule has 0 aromatic rings. The molecule has 0 radical (unpaired) electrons. The highest BCUT2D eigenvalue weighted by atomic mass is 32.3. The Morgan fingerprint density at radius 1 is 1.50 bits per heavy atom. The summed E-state index contributed by atoms with van der Waals surface area (Å²) < 4.78 is 20.9. The molecular formula is C5H16N2O2S. The molecule has 64 valence electrons. The van der Waals surface area contributed by atoms with Crippen molar-refractivity contribution < 1.29 is 9.11 Å². The van der Waals surface area contributed by atoms with E-state index in [1.807, 2.05) is 13.8 Å². The lowest BCUT2D eigenvalue weighted by molar-refractivity contribution is 0.461. The monoisotopic (exact) mass is 168 g/mol. The number of nitrogens with one attached hydrogen (secondary N) is 1. The van der Waals surface area contributed by atoms with Gasteiger partial charge in [-0.25, -0.2) is 4.72 Å². The van der Waals surface area contributed by atoms with Crippen LogP contribution >= 0.6 is 10.8 Å². The minimum atomic E-state index is -2.61. The fraction of sp³-hybridized carbons (Fsp3) is 1.00. The number of hydrogen-bond acceptors (Lipinski definition) is 4. The second-order valence-corrected chi connectivity index (χ2v) is 4.41. The zero-order chi connectivity index (χ0) is 8.20. The first-order valence-electron chi connectivity index (χ1n) is 3.21. The van der Waals surface area contributed by atoms with Crippen LogP contribution in [0.25, 0.3) is 0 Å². The van der Waals surface area contributed by atoms with E-state index in [4.69, 9.17) is 14.8 Å². The minimum Gasteiger partial charge on any atom is -0.329 e. The van der Waals surface area contributed by atoms with Gasteiger partial charge >= 0.3 is 0 Å². The molecule has 0 atom stereocenters. The zero-order valence-corrected chi connectivity index (χ0v) is 7.19. The van der Waals surface area contributed by atoms with E-state index < -0.39 is 10.8 Å². The molecule has 0 saturated heterocycles. The molecule has 0 spiro atoms. The quantitative estimate of drug-likeness (QED) is 0.496. The highest BCUT2D eigenvalue weighted by Crippen LogP contribution is 2.32. The molecule has 0 aliphatic heterocycles. The Hall–Kier alpha value is 0.190. The largest absolute Gasteiger partial charge is 0.329 e. The lowest BCUT2D eigenvalue weighted by Gasteiger charge is -2.34. The van der Waals surface area contributed by atoms with Crippen molar-refractivity contribution in [3.63, 3.8) is 0 Å². The van der Waals surface area contributed by atoms with Crippen molar-refractivity contribution in [2.45, 2.75) is 19.9 Å². The van der Waals surface area contributed by atoms with Crippen LogP contribution in [0.15, 0.2) is 0 Å².